The zero-order chi connectivity index (χ0) is 16.8. The molecule has 2 aromatic carbocycles. The monoisotopic (exact) mass is 348 g/mol. The van der Waals surface area contributed by atoms with Crippen LogP contribution in [0.2, 0.25) is 5.02 Å². The lowest BCUT2D eigenvalue weighted by Crippen LogP contribution is -2.03. The Kier molecular flexibility index (Phi) is 3.98. The van der Waals surface area contributed by atoms with Crippen molar-refractivity contribution in [2.75, 3.05) is 0 Å². The summed E-state index contributed by atoms with van der Waals surface area (Å²) in [7, 11) is -3.66. The van der Waals surface area contributed by atoms with Crippen molar-refractivity contribution in [3.8, 4) is 0 Å². The molecule has 0 saturated heterocycles. The molecule has 0 N–H and O–H groups in total. The average molecular weight is 349 g/mol. The molecule has 0 saturated carbocycles. The molecule has 1 aromatic heterocycles. The van der Waals surface area contributed by atoms with E-state index in [4.69, 9.17) is 16.0 Å². The molecule has 0 aliphatic rings. The van der Waals surface area contributed by atoms with Crippen LogP contribution in [0.5, 0.6) is 0 Å². The predicted octanol–water partition coefficient (Wildman–Crippen LogP) is 5.35. The number of hydrogen-bond acceptors (Lipinski definition) is 3. The summed E-state index contributed by atoms with van der Waals surface area (Å²) in [6, 6.07) is 11.9. The Balaban J connectivity index is 2.27. The Morgan fingerprint density at radius 1 is 1.04 bits per heavy atom. The van der Waals surface area contributed by atoms with E-state index in [1.54, 1.807) is 19.1 Å². The maximum Gasteiger partial charge on any atom is 0.210 e. The van der Waals surface area contributed by atoms with Crippen molar-refractivity contribution in [1.29, 1.82) is 0 Å². The summed E-state index contributed by atoms with van der Waals surface area (Å²) in [5.74, 6) is 0.705. The molecule has 0 bridgehead atoms. The Morgan fingerprint density at radius 3 is 2.30 bits per heavy atom. The van der Waals surface area contributed by atoms with Crippen LogP contribution in [0.1, 0.15) is 31.1 Å². The van der Waals surface area contributed by atoms with E-state index in [2.05, 4.69) is 13.8 Å². The molecule has 120 valence electrons. The van der Waals surface area contributed by atoms with Crippen molar-refractivity contribution < 1.29 is 12.8 Å². The highest BCUT2D eigenvalue weighted by Gasteiger charge is 2.26. The second-order valence-electron chi connectivity index (χ2n) is 5.86. The van der Waals surface area contributed by atoms with Gasteiger partial charge in [-0.25, -0.2) is 8.42 Å². The molecule has 0 aliphatic carbocycles. The van der Waals surface area contributed by atoms with Gasteiger partial charge in [-0.15, -0.1) is 0 Å². The van der Waals surface area contributed by atoms with Crippen LogP contribution in [-0.2, 0) is 9.84 Å². The zero-order valence-corrected chi connectivity index (χ0v) is 14.7. The van der Waals surface area contributed by atoms with E-state index in [1.807, 2.05) is 18.2 Å². The van der Waals surface area contributed by atoms with Crippen molar-refractivity contribution >= 4 is 32.4 Å². The van der Waals surface area contributed by atoms with Gasteiger partial charge in [0.05, 0.1) is 4.90 Å². The van der Waals surface area contributed by atoms with E-state index in [-0.39, 0.29) is 9.79 Å². The number of benzene rings is 2. The first-order valence-corrected chi connectivity index (χ1v) is 9.20. The summed E-state index contributed by atoms with van der Waals surface area (Å²) in [6.45, 7) is 5.82. The number of hydrogen-bond donors (Lipinski definition) is 0. The number of furan rings is 1. The summed E-state index contributed by atoms with van der Waals surface area (Å²) >= 11 is 5.86. The molecule has 23 heavy (non-hydrogen) atoms. The van der Waals surface area contributed by atoms with Gasteiger partial charge in [0.2, 0.25) is 9.84 Å². The average Bonchev–Trinajstić information content (AvgIpc) is 2.83. The molecule has 3 aromatic rings. The van der Waals surface area contributed by atoms with Crippen molar-refractivity contribution in [1.82, 2.24) is 0 Å². The molecule has 3 nitrogen and oxygen atoms in total. The van der Waals surface area contributed by atoms with Crippen molar-refractivity contribution in [2.45, 2.75) is 36.5 Å². The molecule has 0 fully saturated rings. The maximum atomic E-state index is 13.0. The van der Waals surface area contributed by atoms with E-state index in [9.17, 15) is 8.42 Å². The van der Waals surface area contributed by atoms with Crippen LogP contribution in [0, 0.1) is 6.92 Å². The highest BCUT2D eigenvalue weighted by atomic mass is 35.5. The molecular formula is C18H17ClO3S. The molecule has 5 heteroatoms. The third kappa shape index (κ3) is 2.77. The third-order valence-corrected chi connectivity index (χ3v) is 6.08. The van der Waals surface area contributed by atoms with Gasteiger partial charge in [-0.05, 0) is 54.8 Å². The molecule has 0 radical (unpaired) electrons. The Hall–Kier alpha value is -1.78. The largest absolute Gasteiger partial charge is 0.460 e. The standard InChI is InChI=1S/C18H17ClO3S/c1-11(2)13-4-9-17-16(10-13)18(12(3)22-17)23(20,21)15-7-5-14(19)6-8-15/h4-11H,1-3H3. The number of fused-ring (bicyclic) bond motifs is 1. The Bertz CT molecular complexity index is 967. The number of halogens is 1. The number of rotatable bonds is 3. The van der Waals surface area contributed by atoms with Gasteiger partial charge in [0, 0.05) is 10.4 Å². The number of aryl methyl sites for hydroxylation is 1. The SMILES string of the molecule is Cc1oc2ccc(C(C)C)cc2c1S(=O)(=O)c1ccc(Cl)cc1. The van der Waals surface area contributed by atoms with Gasteiger partial charge < -0.3 is 4.42 Å². The second kappa shape index (κ2) is 5.69. The number of sulfone groups is 1. The van der Waals surface area contributed by atoms with Crippen LogP contribution >= 0.6 is 11.6 Å². The predicted molar refractivity (Wildman–Crippen MR) is 91.9 cm³/mol. The summed E-state index contributed by atoms with van der Waals surface area (Å²) in [5, 5.41) is 1.13. The Labute approximate surface area is 140 Å². The van der Waals surface area contributed by atoms with E-state index in [1.165, 1.54) is 12.1 Å². The smallest absolute Gasteiger partial charge is 0.210 e. The molecule has 0 unspecified atom stereocenters. The molecule has 1 heterocycles. The first-order chi connectivity index (χ1) is 10.8. The lowest BCUT2D eigenvalue weighted by molar-refractivity contribution is 0.557. The third-order valence-electron chi connectivity index (χ3n) is 3.89. The lowest BCUT2D eigenvalue weighted by Gasteiger charge is -2.07. The van der Waals surface area contributed by atoms with Gasteiger partial charge >= 0.3 is 0 Å². The highest BCUT2D eigenvalue weighted by Crippen LogP contribution is 2.35. The van der Waals surface area contributed by atoms with E-state index in [0.717, 1.165) is 5.56 Å². The van der Waals surface area contributed by atoms with Gasteiger partial charge in [-0.2, -0.15) is 0 Å². The molecule has 0 aliphatic heterocycles. The first kappa shape index (κ1) is 16.1. The van der Waals surface area contributed by atoms with Gasteiger partial charge in [0.25, 0.3) is 0 Å². The molecule has 0 spiro atoms. The molecular weight excluding hydrogens is 332 g/mol. The van der Waals surface area contributed by atoms with Crippen molar-refractivity contribution in [3.05, 3.63) is 58.8 Å². The molecule has 0 atom stereocenters. The van der Waals surface area contributed by atoms with Crippen LogP contribution in [-0.4, -0.2) is 8.42 Å². The van der Waals surface area contributed by atoms with Gasteiger partial charge in [-0.3, -0.25) is 0 Å². The van der Waals surface area contributed by atoms with Crippen molar-refractivity contribution in [3.63, 3.8) is 0 Å². The molecule has 3 rings (SSSR count). The van der Waals surface area contributed by atoms with Gasteiger partial charge in [0.1, 0.15) is 16.2 Å². The van der Waals surface area contributed by atoms with Gasteiger partial charge in [-0.1, -0.05) is 31.5 Å². The minimum atomic E-state index is -3.66. The summed E-state index contributed by atoms with van der Waals surface area (Å²) in [4.78, 5) is 0.444. The minimum Gasteiger partial charge on any atom is -0.460 e. The van der Waals surface area contributed by atoms with Crippen LogP contribution in [0.4, 0.5) is 0 Å². The first-order valence-electron chi connectivity index (χ1n) is 7.34. The minimum absolute atomic E-state index is 0.211. The second-order valence-corrected chi connectivity index (χ2v) is 8.18. The lowest BCUT2D eigenvalue weighted by atomic mass is 10.0. The summed E-state index contributed by atoms with van der Waals surface area (Å²) in [5.41, 5.74) is 1.66. The quantitative estimate of drug-likeness (QED) is 0.640. The highest BCUT2D eigenvalue weighted by molar-refractivity contribution is 7.91. The van der Waals surface area contributed by atoms with Crippen LogP contribution in [0.15, 0.2) is 56.7 Å². The summed E-state index contributed by atoms with van der Waals surface area (Å²) in [6.07, 6.45) is 0. The molecule has 0 amide bonds. The van der Waals surface area contributed by atoms with E-state index < -0.39 is 9.84 Å². The normalized spacial score (nSPS) is 12.2. The fourth-order valence-corrected chi connectivity index (χ4v) is 4.36. The van der Waals surface area contributed by atoms with Crippen LogP contribution in [0.25, 0.3) is 11.0 Å². The van der Waals surface area contributed by atoms with E-state index >= 15 is 0 Å². The van der Waals surface area contributed by atoms with E-state index in [0.29, 0.717) is 27.7 Å². The van der Waals surface area contributed by atoms with Crippen LogP contribution < -0.4 is 0 Å². The fourth-order valence-electron chi connectivity index (χ4n) is 2.64. The van der Waals surface area contributed by atoms with Gasteiger partial charge in [0.15, 0.2) is 0 Å². The van der Waals surface area contributed by atoms with Crippen LogP contribution in [0.3, 0.4) is 0 Å². The fraction of sp³-hybridized carbons (Fsp3) is 0.222. The zero-order valence-electron chi connectivity index (χ0n) is 13.1. The van der Waals surface area contributed by atoms with Crippen molar-refractivity contribution in [2.24, 2.45) is 0 Å². The Morgan fingerprint density at radius 2 is 1.70 bits per heavy atom. The topological polar surface area (TPSA) is 47.3 Å². The maximum absolute atomic E-state index is 13.0. The summed E-state index contributed by atoms with van der Waals surface area (Å²) < 4.78 is 31.7.